The van der Waals surface area contributed by atoms with Gasteiger partial charge in [-0.2, -0.15) is 5.26 Å². The summed E-state index contributed by atoms with van der Waals surface area (Å²) in [6.07, 6.45) is 0.267. The molecule has 1 heterocycles. The Hall–Kier alpha value is -0.670. The molecule has 1 aromatic heterocycles. The summed E-state index contributed by atoms with van der Waals surface area (Å²) in [5, 5.41) is 11.6. The summed E-state index contributed by atoms with van der Waals surface area (Å²) in [4.78, 5) is 0. The first kappa shape index (κ1) is 9.87. The van der Waals surface area contributed by atoms with Crippen molar-refractivity contribution in [2.45, 2.75) is 6.42 Å². The number of rotatable bonds is 1. The van der Waals surface area contributed by atoms with Crippen molar-refractivity contribution in [2.75, 3.05) is 0 Å². The van der Waals surface area contributed by atoms with Gasteiger partial charge in [-0.1, -0.05) is 0 Å². The van der Waals surface area contributed by atoms with E-state index >= 15 is 0 Å². The fourth-order valence-electron chi connectivity index (χ4n) is 1.37. The number of hydrogen-bond acceptors (Lipinski definition) is 2. The summed E-state index contributed by atoms with van der Waals surface area (Å²) in [5.74, 6) is -0.231. The molecule has 0 aliphatic heterocycles. The van der Waals surface area contributed by atoms with E-state index in [1.807, 2.05) is 34.0 Å². The molecule has 0 bridgehead atoms. The zero-order valence-corrected chi connectivity index (χ0v) is 10.0. The summed E-state index contributed by atoms with van der Waals surface area (Å²) in [5.41, 5.74) is 0.810. The van der Waals surface area contributed by atoms with Gasteiger partial charge in [0, 0.05) is 4.70 Å². The molecule has 0 fully saturated rings. The van der Waals surface area contributed by atoms with Crippen molar-refractivity contribution in [3.63, 3.8) is 0 Å². The van der Waals surface area contributed by atoms with Gasteiger partial charge in [0.1, 0.15) is 5.82 Å². The van der Waals surface area contributed by atoms with E-state index < -0.39 is 0 Å². The van der Waals surface area contributed by atoms with E-state index in [4.69, 9.17) is 5.26 Å². The zero-order chi connectivity index (χ0) is 10.1. The third-order valence-corrected chi connectivity index (χ3v) is 4.04. The highest BCUT2D eigenvalue weighted by molar-refractivity contribution is 14.1. The van der Waals surface area contributed by atoms with E-state index in [2.05, 4.69) is 6.07 Å². The lowest BCUT2D eigenvalue weighted by Crippen LogP contribution is -1.92. The summed E-state index contributed by atoms with van der Waals surface area (Å²) in [6, 6.07) is 5.54. The minimum atomic E-state index is -0.231. The molecule has 0 radical (unpaired) electrons. The Morgan fingerprint density at radius 3 is 3.07 bits per heavy atom. The van der Waals surface area contributed by atoms with Gasteiger partial charge in [0.15, 0.2) is 0 Å². The van der Waals surface area contributed by atoms with Crippen LogP contribution in [0, 0.1) is 20.7 Å². The van der Waals surface area contributed by atoms with E-state index in [-0.39, 0.29) is 12.2 Å². The molecule has 0 N–H and O–H groups in total. The normalized spacial score (nSPS) is 10.4. The van der Waals surface area contributed by atoms with Gasteiger partial charge >= 0.3 is 0 Å². The Morgan fingerprint density at radius 2 is 2.36 bits per heavy atom. The van der Waals surface area contributed by atoms with E-state index in [0.717, 1.165) is 15.6 Å². The molecule has 0 saturated carbocycles. The molecule has 4 heteroatoms. The summed E-state index contributed by atoms with van der Waals surface area (Å²) >= 11 is 3.45. The largest absolute Gasteiger partial charge is 0.206 e. The summed E-state index contributed by atoms with van der Waals surface area (Å²) in [6.45, 7) is 0. The minimum absolute atomic E-state index is 0.231. The standard InChI is InChI=1S/C10H5FINS/c11-8-5-9-6(2-4-14-9)7(1-3-13)10(8)12/h2,4-5H,1H2. The number of fused-ring (bicyclic) bond motifs is 1. The van der Waals surface area contributed by atoms with Gasteiger partial charge < -0.3 is 0 Å². The predicted molar refractivity (Wildman–Crippen MR) is 63.8 cm³/mol. The molecule has 0 aliphatic carbocycles. The Balaban J connectivity index is 2.81. The van der Waals surface area contributed by atoms with Crippen LogP contribution in [0.15, 0.2) is 17.5 Å². The van der Waals surface area contributed by atoms with Gasteiger partial charge in [-0.05, 0) is 51.1 Å². The second-order valence-corrected chi connectivity index (χ2v) is 4.84. The van der Waals surface area contributed by atoms with Crippen LogP contribution in [-0.4, -0.2) is 0 Å². The second-order valence-electron chi connectivity index (χ2n) is 2.82. The number of nitrogens with zero attached hydrogens (tertiary/aromatic N) is 1. The van der Waals surface area contributed by atoms with Gasteiger partial charge in [-0.3, -0.25) is 0 Å². The zero-order valence-electron chi connectivity index (χ0n) is 7.05. The van der Waals surface area contributed by atoms with Gasteiger partial charge in [0.2, 0.25) is 0 Å². The third-order valence-electron chi connectivity index (χ3n) is 2.01. The average Bonchev–Trinajstić information content (AvgIpc) is 2.60. The molecule has 0 saturated heterocycles. The first-order chi connectivity index (χ1) is 6.74. The van der Waals surface area contributed by atoms with Crippen molar-refractivity contribution in [1.82, 2.24) is 0 Å². The van der Waals surface area contributed by atoms with Crippen LogP contribution in [0.5, 0.6) is 0 Å². The number of nitriles is 1. The molecule has 0 spiro atoms. The molecule has 14 heavy (non-hydrogen) atoms. The van der Waals surface area contributed by atoms with Gasteiger partial charge in [0.05, 0.1) is 16.1 Å². The number of halogens is 2. The average molecular weight is 317 g/mol. The Labute approximate surface area is 98.3 Å². The highest BCUT2D eigenvalue weighted by Gasteiger charge is 2.11. The molecule has 1 aromatic carbocycles. The molecule has 70 valence electrons. The third kappa shape index (κ3) is 1.51. The predicted octanol–water partition coefficient (Wildman–Crippen LogP) is 3.71. The molecule has 1 nitrogen and oxygen atoms in total. The number of thiophene rings is 1. The van der Waals surface area contributed by atoms with Gasteiger partial charge in [0.25, 0.3) is 0 Å². The summed E-state index contributed by atoms with van der Waals surface area (Å²) < 4.78 is 14.9. The van der Waals surface area contributed by atoms with Crippen molar-refractivity contribution >= 4 is 44.0 Å². The molecular weight excluding hydrogens is 312 g/mol. The highest BCUT2D eigenvalue weighted by Crippen LogP contribution is 2.30. The first-order valence-corrected chi connectivity index (χ1v) is 5.91. The van der Waals surface area contributed by atoms with Crippen molar-refractivity contribution in [1.29, 1.82) is 5.26 Å². The quantitative estimate of drug-likeness (QED) is 0.736. The van der Waals surface area contributed by atoms with Crippen molar-refractivity contribution in [3.05, 3.63) is 32.5 Å². The van der Waals surface area contributed by atoms with Crippen LogP contribution in [0.2, 0.25) is 0 Å². The fraction of sp³-hybridized carbons (Fsp3) is 0.100. The fourth-order valence-corrected chi connectivity index (χ4v) is 2.85. The van der Waals surface area contributed by atoms with Crippen LogP contribution in [0.3, 0.4) is 0 Å². The number of benzene rings is 1. The van der Waals surface area contributed by atoms with Gasteiger partial charge in [-0.25, -0.2) is 4.39 Å². The molecule has 0 aliphatic rings. The molecule has 2 aromatic rings. The SMILES string of the molecule is N#CCc1c(I)c(F)cc2sccc12. The van der Waals surface area contributed by atoms with E-state index in [9.17, 15) is 4.39 Å². The van der Waals surface area contributed by atoms with E-state index in [0.29, 0.717) is 3.57 Å². The monoisotopic (exact) mass is 317 g/mol. The lowest BCUT2D eigenvalue weighted by Gasteiger charge is -2.03. The Morgan fingerprint density at radius 1 is 1.57 bits per heavy atom. The molecular formula is C10H5FINS. The van der Waals surface area contributed by atoms with Crippen LogP contribution < -0.4 is 0 Å². The Kier molecular flexibility index (Phi) is 2.70. The van der Waals surface area contributed by atoms with Crippen molar-refractivity contribution in [2.24, 2.45) is 0 Å². The number of hydrogen-bond donors (Lipinski definition) is 0. The maximum Gasteiger partial charge on any atom is 0.138 e. The molecule has 0 amide bonds. The van der Waals surface area contributed by atoms with Crippen molar-refractivity contribution in [3.8, 4) is 6.07 Å². The summed E-state index contributed by atoms with van der Waals surface area (Å²) in [7, 11) is 0. The Bertz CT molecular complexity index is 527. The van der Waals surface area contributed by atoms with E-state index in [1.165, 1.54) is 17.4 Å². The minimum Gasteiger partial charge on any atom is -0.206 e. The topological polar surface area (TPSA) is 23.8 Å². The molecule has 0 atom stereocenters. The maximum absolute atomic E-state index is 13.4. The van der Waals surface area contributed by atoms with Crippen LogP contribution >= 0.6 is 33.9 Å². The van der Waals surface area contributed by atoms with Crippen molar-refractivity contribution < 1.29 is 4.39 Å². The second kappa shape index (κ2) is 3.83. The van der Waals surface area contributed by atoms with Crippen LogP contribution in [0.25, 0.3) is 10.1 Å². The van der Waals surface area contributed by atoms with Crippen LogP contribution in [-0.2, 0) is 6.42 Å². The highest BCUT2D eigenvalue weighted by atomic mass is 127. The van der Waals surface area contributed by atoms with E-state index in [1.54, 1.807) is 0 Å². The van der Waals surface area contributed by atoms with Crippen LogP contribution in [0.1, 0.15) is 5.56 Å². The van der Waals surface area contributed by atoms with Gasteiger partial charge in [-0.15, -0.1) is 11.3 Å². The van der Waals surface area contributed by atoms with Crippen LogP contribution in [0.4, 0.5) is 4.39 Å². The lowest BCUT2D eigenvalue weighted by atomic mass is 10.1. The lowest BCUT2D eigenvalue weighted by molar-refractivity contribution is 0.621. The molecule has 0 unspecified atom stereocenters. The molecule has 2 rings (SSSR count). The maximum atomic E-state index is 13.4. The smallest absolute Gasteiger partial charge is 0.138 e. The first-order valence-electron chi connectivity index (χ1n) is 3.95.